The highest BCUT2D eigenvalue weighted by Gasteiger charge is 2.40. The summed E-state index contributed by atoms with van der Waals surface area (Å²) in [4.78, 5) is 22.0. The predicted molar refractivity (Wildman–Crippen MR) is 168 cm³/mol. The van der Waals surface area contributed by atoms with Crippen LogP contribution in [0.15, 0.2) is 59.9 Å². The zero-order valence-corrected chi connectivity index (χ0v) is 26.8. The number of carbonyl (C=O) groups excluding carboxylic acids is 1. The topological polar surface area (TPSA) is 97.2 Å². The monoisotopic (exact) mass is 621 g/mol. The van der Waals surface area contributed by atoms with Gasteiger partial charge in [0.05, 0.1) is 24.7 Å². The van der Waals surface area contributed by atoms with Gasteiger partial charge in [-0.2, -0.15) is 4.31 Å². The Morgan fingerprint density at radius 1 is 0.955 bits per heavy atom. The van der Waals surface area contributed by atoms with E-state index >= 15 is 0 Å². The van der Waals surface area contributed by atoms with Crippen LogP contribution in [-0.4, -0.2) is 86.1 Å². The van der Waals surface area contributed by atoms with Crippen molar-refractivity contribution in [3.8, 4) is 5.75 Å². The zero-order valence-electron chi connectivity index (χ0n) is 25.9. The van der Waals surface area contributed by atoms with Crippen molar-refractivity contribution < 1.29 is 22.7 Å². The molecule has 0 bridgehead atoms. The molecule has 2 aromatic heterocycles. The Kier molecular flexibility index (Phi) is 8.72. The Morgan fingerprint density at radius 3 is 2.27 bits per heavy atom. The molecule has 236 valence electrons. The van der Waals surface area contributed by atoms with Gasteiger partial charge in [0.25, 0.3) is 0 Å². The van der Waals surface area contributed by atoms with Gasteiger partial charge in [-0.1, -0.05) is 0 Å². The Morgan fingerprint density at radius 2 is 1.61 bits per heavy atom. The molecule has 6 rings (SSSR count). The Hall–Kier alpha value is -3.41. The number of aryl methyl sites for hydroxylation is 2. The highest BCUT2D eigenvalue weighted by molar-refractivity contribution is 7.89. The molecule has 1 unspecified atom stereocenters. The fourth-order valence-electron chi connectivity index (χ4n) is 7.33. The van der Waals surface area contributed by atoms with E-state index in [1.807, 2.05) is 35.6 Å². The minimum Gasteiger partial charge on any atom is -0.497 e. The molecule has 5 heterocycles. The minimum atomic E-state index is -3.84. The third kappa shape index (κ3) is 5.97. The molecule has 1 amide bonds. The van der Waals surface area contributed by atoms with Crippen molar-refractivity contribution in [1.29, 1.82) is 0 Å². The lowest BCUT2D eigenvalue weighted by atomic mass is 9.71. The summed E-state index contributed by atoms with van der Waals surface area (Å²) in [6.45, 7) is 8.04. The second kappa shape index (κ2) is 12.5. The van der Waals surface area contributed by atoms with E-state index in [0.29, 0.717) is 40.3 Å². The number of benzene rings is 1. The highest BCUT2D eigenvalue weighted by Crippen LogP contribution is 2.42. The van der Waals surface area contributed by atoms with Gasteiger partial charge in [-0.05, 0) is 92.5 Å². The maximum absolute atomic E-state index is 14.1. The summed E-state index contributed by atoms with van der Waals surface area (Å²) in [5.41, 5.74) is 3.67. The number of rotatable bonds is 8. The number of aromatic nitrogens is 2. The van der Waals surface area contributed by atoms with Crippen LogP contribution in [0.5, 0.6) is 5.75 Å². The number of sulfonamides is 1. The first-order valence-electron chi connectivity index (χ1n) is 15.5. The lowest BCUT2D eigenvalue weighted by molar-refractivity contribution is -0.139. The van der Waals surface area contributed by atoms with E-state index < -0.39 is 16.1 Å². The summed E-state index contributed by atoms with van der Waals surface area (Å²) in [5, 5.41) is 0. The first-order chi connectivity index (χ1) is 21.2. The molecule has 1 spiro atoms. The van der Waals surface area contributed by atoms with E-state index in [0.717, 1.165) is 57.6 Å². The van der Waals surface area contributed by atoms with E-state index in [-0.39, 0.29) is 19.1 Å². The molecule has 0 N–H and O–H groups in total. The van der Waals surface area contributed by atoms with Crippen LogP contribution in [0.1, 0.15) is 48.5 Å². The number of carbonyl (C=O) groups is 1. The number of hydrogen-bond donors (Lipinski definition) is 0. The number of pyridine rings is 1. The number of likely N-dealkylation sites (tertiary alicyclic amines) is 1. The Labute approximate surface area is 260 Å². The van der Waals surface area contributed by atoms with Gasteiger partial charge in [-0.3, -0.25) is 9.78 Å². The standard InChI is InChI=1S/C33H43N5O5S/c1-25-21-28(42-3)22-26(2)32(25)44(40,41)38-20-19-36-14-4-5-29(36)30(38)23-43-24-31(39)37-17-10-33(11-18-37)8-15-35(16-9-33)27-6-12-34-13-7-27/h4-7,12-14,21-22,30H,8-11,15-20,23-24H2,1-3H3. The second-order valence-electron chi connectivity index (χ2n) is 12.4. The number of anilines is 1. The van der Waals surface area contributed by atoms with Crippen molar-refractivity contribution in [2.75, 3.05) is 57.9 Å². The van der Waals surface area contributed by atoms with Crippen LogP contribution >= 0.6 is 0 Å². The first-order valence-corrected chi connectivity index (χ1v) is 17.0. The fraction of sp³-hybridized carbons (Fsp3) is 0.515. The Bertz CT molecular complexity index is 1550. The van der Waals surface area contributed by atoms with Crippen LogP contribution in [-0.2, 0) is 26.1 Å². The number of amides is 1. The molecule has 3 aliphatic rings. The number of methoxy groups -OCH3 is 1. The van der Waals surface area contributed by atoms with Gasteiger partial charge in [0.2, 0.25) is 15.9 Å². The number of fused-ring (bicyclic) bond motifs is 1. The molecule has 44 heavy (non-hydrogen) atoms. The van der Waals surface area contributed by atoms with Crippen molar-refractivity contribution in [2.45, 2.75) is 57.0 Å². The van der Waals surface area contributed by atoms with Crippen LogP contribution in [0.3, 0.4) is 0 Å². The van der Waals surface area contributed by atoms with Crippen molar-refractivity contribution in [1.82, 2.24) is 18.8 Å². The van der Waals surface area contributed by atoms with Crippen LogP contribution in [0.4, 0.5) is 5.69 Å². The quantitative estimate of drug-likeness (QED) is 0.372. The van der Waals surface area contributed by atoms with Gasteiger partial charge in [0, 0.05) is 69.2 Å². The normalized spacial score (nSPS) is 20.5. The van der Waals surface area contributed by atoms with Crippen molar-refractivity contribution in [3.05, 3.63) is 71.8 Å². The maximum Gasteiger partial charge on any atom is 0.248 e. The molecule has 0 aliphatic carbocycles. The summed E-state index contributed by atoms with van der Waals surface area (Å²) < 4.78 is 43.2. The summed E-state index contributed by atoms with van der Waals surface area (Å²) in [6, 6.07) is 11.0. The number of nitrogens with zero attached hydrogens (tertiary/aromatic N) is 5. The van der Waals surface area contributed by atoms with Crippen molar-refractivity contribution in [2.24, 2.45) is 5.41 Å². The van der Waals surface area contributed by atoms with Gasteiger partial charge >= 0.3 is 0 Å². The van der Waals surface area contributed by atoms with Crippen LogP contribution < -0.4 is 9.64 Å². The molecule has 3 aliphatic heterocycles. The lowest BCUT2D eigenvalue weighted by Crippen LogP contribution is -2.49. The molecular formula is C33H43N5O5S. The van der Waals surface area contributed by atoms with E-state index in [2.05, 4.69) is 26.6 Å². The molecule has 3 aromatic rings. The molecule has 2 fully saturated rings. The van der Waals surface area contributed by atoms with Crippen molar-refractivity contribution >= 4 is 21.6 Å². The van der Waals surface area contributed by atoms with Crippen LogP contribution in [0.25, 0.3) is 0 Å². The second-order valence-corrected chi connectivity index (χ2v) is 14.3. The highest BCUT2D eigenvalue weighted by atomic mass is 32.2. The first kappa shape index (κ1) is 30.6. The average molecular weight is 622 g/mol. The zero-order chi connectivity index (χ0) is 30.9. The third-order valence-corrected chi connectivity index (χ3v) is 12.1. The summed E-state index contributed by atoms with van der Waals surface area (Å²) in [5.74, 6) is 0.598. The number of ether oxygens (including phenoxy) is 2. The van der Waals surface area contributed by atoms with Gasteiger partial charge in [-0.15, -0.1) is 0 Å². The van der Waals surface area contributed by atoms with Gasteiger partial charge in [0.1, 0.15) is 12.4 Å². The minimum absolute atomic E-state index is 0.0310. The van der Waals surface area contributed by atoms with Gasteiger partial charge in [-0.25, -0.2) is 8.42 Å². The average Bonchev–Trinajstić information content (AvgIpc) is 3.51. The van der Waals surface area contributed by atoms with E-state index in [9.17, 15) is 13.2 Å². The molecular weight excluding hydrogens is 578 g/mol. The summed E-state index contributed by atoms with van der Waals surface area (Å²) >= 11 is 0. The number of hydrogen-bond acceptors (Lipinski definition) is 7. The summed E-state index contributed by atoms with van der Waals surface area (Å²) in [6.07, 6.45) is 9.93. The molecule has 10 nitrogen and oxygen atoms in total. The smallest absolute Gasteiger partial charge is 0.248 e. The maximum atomic E-state index is 14.1. The van der Waals surface area contributed by atoms with E-state index in [1.54, 1.807) is 33.1 Å². The van der Waals surface area contributed by atoms with Crippen molar-refractivity contribution in [3.63, 3.8) is 0 Å². The number of piperidine rings is 2. The van der Waals surface area contributed by atoms with E-state index in [4.69, 9.17) is 9.47 Å². The predicted octanol–water partition coefficient (Wildman–Crippen LogP) is 4.18. The van der Waals surface area contributed by atoms with Crippen LogP contribution in [0, 0.1) is 19.3 Å². The lowest BCUT2D eigenvalue weighted by Gasteiger charge is -2.47. The van der Waals surface area contributed by atoms with Gasteiger partial charge in [0.15, 0.2) is 0 Å². The summed E-state index contributed by atoms with van der Waals surface area (Å²) in [7, 11) is -2.27. The van der Waals surface area contributed by atoms with Gasteiger partial charge < -0.3 is 23.8 Å². The third-order valence-electron chi connectivity index (χ3n) is 9.88. The SMILES string of the molecule is COc1cc(C)c(S(=O)(=O)N2CCn3cccc3C2COCC(=O)N2CCC3(CC2)CCN(c2ccncc2)CC3)c(C)c1. The largest absolute Gasteiger partial charge is 0.497 e. The molecule has 0 saturated carbocycles. The van der Waals surface area contributed by atoms with Crippen LogP contribution in [0.2, 0.25) is 0 Å². The Balaban J connectivity index is 1.07. The molecule has 2 saturated heterocycles. The molecule has 1 aromatic carbocycles. The molecule has 0 radical (unpaired) electrons. The molecule has 1 atom stereocenters. The fourth-order valence-corrected chi connectivity index (χ4v) is 9.32. The van der Waals surface area contributed by atoms with E-state index in [1.165, 1.54) is 9.99 Å². The molecule has 11 heteroatoms.